The zero-order valence-electron chi connectivity index (χ0n) is 10.7. The third-order valence-electron chi connectivity index (χ3n) is 3.74. The van der Waals surface area contributed by atoms with Crippen molar-refractivity contribution in [1.82, 2.24) is 15.5 Å². The van der Waals surface area contributed by atoms with Crippen molar-refractivity contribution in [2.75, 3.05) is 26.2 Å². The normalized spacial score (nSPS) is 28.3. The Labute approximate surface area is 107 Å². The van der Waals surface area contributed by atoms with E-state index in [-0.39, 0.29) is 11.8 Å². The fraction of sp³-hybridized carbons (Fsp3) is 0.833. The van der Waals surface area contributed by atoms with Crippen LogP contribution in [-0.4, -0.2) is 55.0 Å². The lowest BCUT2D eigenvalue weighted by molar-refractivity contribution is -0.136. The van der Waals surface area contributed by atoms with Crippen LogP contribution in [0.3, 0.4) is 0 Å². The number of rotatable bonds is 4. The first-order valence-electron chi connectivity index (χ1n) is 6.71. The predicted molar refractivity (Wildman–Crippen MR) is 67.8 cm³/mol. The van der Waals surface area contributed by atoms with Crippen LogP contribution in [0.25, 0.3) is 0 Å². The van der Waals surface area contributed by atoms with Crippen molar-refractivity contribution in [3.05, 3.63) is 0 Å². The highest BCUT2D eigenvalue weighted by atomic mass is 16.2. The summed E-state index contributed by atoms with van der Waals surface area (Å²) >= 11 is 0. The molecule has 2 heterocycles. The van der Waals surface area contributed by atoms with Crippen molar-refractivity contribution in [1.29, 1.82) is 0 Å². The summed E-state index contributed by atoms with van der Waals surface area (Å²) in [5.74, 6) is -0.401. The van der Waals surface area contributed by atoms with Crippen molar-refractivity contribution >= 4 is 11.8 Å². The first-order chi connectivity index (χ1) is 8.68. The Morgan fingerprint density at radius 1 is 1.33 bits per heavy atom. The molecule has 0 unspecified atom stereocenters. The molecule has 2 rings (SSSR count). The number of hydrogen-bond acceptors (Lipinski definition) is 4. The molecule has 0 aromatic carbocycles. The third-order valence-corrected chi connectivity index (χ3v) is 3.74. The summed E-state index contributed by atoms with van der Waals surface area (Å²) < 4.78 is 0. The lowest BCUT2D eigenvalue weighted by atomic mass is 10.1. The fourth-order valence-corrected chi connectivity index (χ4v) is 2.72. The van der Waals surface area contributed by atoms with Crippen LogP contribution in [0, 0.1) is 0 Å². The summed E-state index contributed by atoms with van der Waals surface area (Å²) in [5, 5.41) is 6.55. The average molecular weight is 254 g/mol. The number of carbonyl (C=O) groups is 2. The van der Waals surface area contributed by atoms with E-state index in [0.717, 1.165) is 32.4 Å². The molecule has 2 aliphatic heterocycles. The van der Waals surface area contributed by atoms with E-state index in [9.17, 15) is 9.59 Å². The number of likely N-dealkylation sites (tertiary alicyclic amines) is 1. The second-order valence-corrected chi connectivity index (χ2v) is 5.07. The molecule has 0 saturated carbocycles. The quantitative estimate of drug-likeness (QED) is 0.588. The van der Waals surface area contributed by atoms with E-state index >= 15 is 0 Å². The van der Waals surface area contributed by atoms with Gasteiger partial charge in [-0.15, -0.1) is 0 Å². The molecule has 2 fully saturated rings. The molecular formula is C12H22N4O2. The SMILES string of the molecule is NC(=O)[C@@H]1CCCN1C(=O)CN[C@H]1CCCNC1. The number of carbonyl (C=O) groups excluding carboxylic acids is 2. The van der Waals surface area contributed by atoms with Gasteiger partial charge in [-0.1, -0.05) is 0 Å². The molecular weight excluding hydrogens is 232 g/mol. The van der Waals surface area contributed by atoms with Gasteiger partial charge in [0.1, 0.15) is 6.04 Å². The molecule has 18 heavy (non-hydrogen) atoms. The van der Waals surface area contributed by atoms with Crippen molar-refractivity contribution in [3.63, 3.8) is 0 Å². The Morgan fingerprint density at radius 3 is 2.83 bits per heavy atom. The summed E-state index contributed by atoms with van der Waals surface area (Å²) in [5.41, 5.74) is 5.30. The molecule has 0 radical (unpaired) electrons. The zero-order chi connectivity index (χ0) is 13.0. The molecule has 0 aliphatic carbocycles. The molecule has 0 aromatic heterocycles. The monoisotopic (exact) mass is 254 g/mol. The maximum Gasteiger partial charge on any atom is 0.240 e. The third kappa shape index (κ3) is 3.20. The number of nitrogens with zero attached hydrogens (tertiary/aromatic N) is 1. The van der Waals surface area contributed by atoms with E-state index in [4.69, 9.17) is 5.73 Å². The number of nitrogens with one attached hydrogen (secondary N) is 2. The molecule has 4 N–H and O–H groups in total. The van der Waals surface area contributed by atoms with E-state index in [2.05, 4.69) is 10.6 Å². The van der Waals surface area contributed by atoms with E-state index < -0.39 is 6.04 Å². The highest BCUT2D eigenvalue weighted by molar-refractivity contribution is 5.88. The molecule has 2 atom stereocenters. The summed E-state index contributed by atoms with van der Waals surface area (Å²) in [7, 11) is 0. The number of hydrogen-bond donors (Lipinski definition) is 3. The number of primary amides is 1. The van der Waals surface area contributed by atoms with Crippen LogP contribution < -0.4 is 16.4 Å². The predicted octanol–water partition coefficient (Wildman–Crippen LogP) is -1.20. The second kappa shape index (κ2) is 6.15. The van der Waals surface area contributed by atoms with Crippen molar-refractivity contribution < 1.29 is 9.59 Å². The highest BCUT2D eigenvalue weighted by Gasteiger charge is 2.32. The maximum atomic E-state index is 12.0. The topological polar surface area (TPSA) is 87.5 Å². The molecule has 0 aromatic rings. The Kier molecular flexibility index (Phi) is 4.54. The zero-order valence-corrected chi connectivity index (χ0v) is 10.7. The molecule has 102 valence electrons. The van der Waals surface area contributed by atoms with Crippen LogP contribution in [0.4, 0.5) is 0 Å². The molecule has 2 amide bonds. The van der Waals surface area contributed by atoms with Gasteiger partial charge in [0.2, 0.25) is 11.8 Å². The summed E-state index contributed by atoms with van der Waals surface area (Å²) in [4.78, 5) is 24.9. The largest absolute Gasteiger partial charge is 0.368 e. The first-order valence-corrected chi connectivity index (χ1v) is 6.71. The van der Waals surface area contributed by atoms with Gasteiger partial charge in [-0.2, -0.15) is 0 Å². The Balaban J connectivity index is 1.78. The summed E-state index contributed by atoms with van der Waals surface area (Å²) in [6, 6.07) is -0.0406. The van der Waals surface area contributed by atoms with Gasteiger partial charge in [0.05, 0.1) is 6.54 Å². The van der Waals surface area contributed by atoms with E-state index in [1.165, 1.54) is 0 Å². The van der Waals surface area contributed by atoms with Crippen LogP contribution in [0.1, 0.15) is 25.7 Å². The summed E-state index contributed by atoms with van der Waals surface area (Å²) in [6.07, 6.45) is 3.80. The van der Waals surface area contributed by atoms with Crippen LogP contribution >= 0.6 is 0 Å². The van der Waals surface area contributed by atoms with Crippen molar-refractivity contribution in [2.24, 2.45) is 5.73 Å². The van der Waals surface area contributed by atoms with Crippen LogP contribution in [0.2, 0.25) is 0 Å². The first kappa shape index (κ1) is 13.3. The van der Waals surface area contributed by atoms with Gasteiger partial charge in [-0.05, 0) is 32.2 Å². The lowest BCUT2D eigenvalue weighted by Gasteiger charge is -2.26. The van der Waals surface area contributed by atoms with Crippen molar-refractivity contribution in [2.45, 2.75) is 37.8 Å². The smallest absolute Gasteiger partial charge is 0.240 e. The molecule has 6 heteroatoms. The second-order valence-electron chi connectivity index (χ2n) is 5.07. The standard InChI is InChI=1S/C12H22N4O2/c13-12(18)10-4-2-6-16(10)11(17)8-15-9-3-1-5-14-7-9/h9-10,14-15H,1-8H2,(H2,13,18)/t9-,10-/m0/s1. The minimum atomic E-state index is -0.399. The Hall–Kier alpha value is -1.14. The fourth-order valence-electron chi connectivity index (χ4n) is 2.72. The van der Waals surface area contributed by atoms with Gasteiger partial charge >= 0.3 is 0 Å². The van der Waals surface area contributed by atoms with E-state index in [0.29, 0.717) is 25.6 Å². The molecule has 6 nitrogen and oxygen atoms in total. The van der Waals surface area contributed by atoms with Gasteiger partial charge < -0.3 is 21.3 Å². The molecule has 2 saturated heterocycles. The van der Waals surface area contributed by atoms with Gasteiger partial charge in [0.25, 0.3) is 0 Å². The Morgan fingerprint density at radius 2 is 2.17 bits per heavy atom. The molecule has 0 bridgehead atoms. The van der Waals surface area contributed by atoms with Gasteiger partial charge in [-0.3, -0.25) is 9.59 Å². The highest BCUT2D eigenvalue weighted by Crippen LogP contribution is 2.16. The summed E-state index contributed by atoms with van der Waals surface area (Å²) in [6.45, 7) is 2.92. The van der Waals surface area contributed by atoms with Crippen LogP contribution in [0.5, 0.6) is 0 Å². The maximum absolute atomic E-state index is 12.0. The van der Waals surface area contributed by atoms with Crippen LogP contribution in [0.15, 0.2) is 0 Å². The van der Waals surface area contributed by atoms with Gasteiger partial charge in [0.15, 0.2) is 0 Å². The number of piperidine rings is 1. The average Bonchev–Trinajstić information content (AvgIpc) is 2.86. The van der Waals surface area contributed by atoms with Crippen molar-refractivity contribution in [3.8, 4) is 0 Å². The molecule has 0 spiro atoms. The van der Waals surface area contributed by atoms with E-state index in [1.807, 2.05) is 0 Å². The number of amides is 2. The minimum Gasteiger partial charge on any atom is -0.368 e. The number of nitrogens with two attached hydrogens (primary N) is 1. The Bertz CT molecular complexity index is 315. The van der Waals surface area contributed by atoms with Gasteiger partial charge in [-0.25, -0.2) is 0 Å². The minimum absolute atomic E-state index is 0.0122. The van der Waals surface area contributed by atoms with Crippen LogP contribution in [-0.2, 0) is 9.59 Å². The lowest BCUT2D eigenvalue weighted by Crippen LogP contribution is -2.50. The van der Waals surface area contributed by atoms with Gasteiger partial charge in [0, 0.05) is 19.1 Å². The van der Waals surface area contributed by atoms with E-state index in [1.54, 1.807) is 4.90 Å². The molecule has 2 aliphatic rings.